The Hall–Kier alpha value is -2.40. The quantitative estimate of drug-likeness (QED) is 0.894. The number of rotatable bonds is 3. The summed E-state index contributed by atoms with van der Waals surface area (Å²) in [7, 11) is 0. The van der Waals surface area contributed by atoms with E-state index in [0.717, 1.165) is 36.1 Å². The smallest absolute Gasteiger partial charge is 0.410 e. The van der Waals surface area contributed by atoms with Crippen molar-refractivity contribution in [3.8, 4) is 0 Å². The number of ether oxygens (including phenoxy) is 1. The van der Waals surface area contributed by atoms with Crippen molar-refractivity contribution in [3.05, 3.63) is 65.5 Å². The molecule has 2 saturated heterocycles. The number of hydrogen-bond donors (Lipinski definition) is 1. The van der Waals surface area contributed by atoms with Gasteiger partial charge in [0.2, 0.25) is 0 Å². The first-order chi connectivity index (χ1) is 13.1. The van der Waals surface area contributed by atoms with E-state index in [9.17, 15) is 9.90 Å². The molecule has 4 rings (SSSR count). The van der Waals surface area contributed by atoms with Gasteiger partial charge in [-0.15, -0.1) is 0 Å². The van der Waals surface area contributed by atoms with Crippen LogP contribution in [0.3, 0.4) is 0 Å². The second kappa shape index (κ2) is 7.31. The summed E-state index contributed by atoms with van der Waals surface area (Å²) in [5, 5.41) is 11.4. The van der Waals surface area contributed by atoms with Crippen LogP contribution in [0.2, 0.25) is 0 Å². The number of benzene rings is 1. The van der Waals surface area contributed by atoms with Crippen LogP contribution < -0.4 is 0 Å². The maximum Gasteiger partial charge on any atom is 0.410 e. The maximum atomic E-state index is 12.8. The average molecular weight is 366 g/mol. The van der Waals surface area contributed by atoms with E-state index in [1.807, 2.05) is 54.3 Å². The van der Waals surface area contributed by atoms with Gasteiger partial charge in [-0.1, -0.05) is 36.4 Å². The standard InChI is InChI=1S/C22H26N2O3/c1-16-7-6-12-23-20(16)22(26)13-18-10-5-11-19(14-22)24(18)21(25)27-15-17-8-3-2-4-9-17/h2-4,6-9,12,18-19,26H,5,10-11,13-15H2,1H3. The Labute approximate surface area is 160 Å². The van der Waals surface area contributed by atoms with Crippen LogP contribution in [0.1, 0.15) is 48.9 Å². The molecule has 1 aromatic heterocycles. The molecule has 1 aromatic carbocycles. The lowest BCUT2D eigenvalue weighted by molar-refractivity contribution is -0.0921. The van der Waals surface area contributed by atoms with Gasteiger partial charge in [0.25, 0.3) is 0 Å². The fraction of sp³-hybridized carbons (Fsp3) is 0.455. The van der Waals surface area contributed by atoms with Crippen molar-refractivity contribution in [2.45, 2.75) is 63.3 Å². The number of carbonyl (C=O) groups excluding carboxylic acids is 1. The molecule has 2 aliphatic heterocycles. The summed E-state index contributed by atoms with van der Waals surface area (Å²) in [6, 6.07) is 13.6. The first-order valence-electron chi connectivity index (χ1n) is 9.70. The molecular formula is C22H26N2O3. The molecular weight excluding hydrogens is 340 g/mol. The van der Waals surface area contributed by atoms with Crippen LogP contribution >= 0.6 is 0 Å². The molecule has 2 aliphatic rings. The summed E-state index contributed by atoms with van der Waals surface area (Å²) in [4.78, 5) is 19.1. The van der Waals surface area contributed by atoms with E-state index in [4.69, 9.17) is 4.74 Å². The lowest BCUT2D eigenvalue weighted by Gasteiger charge is -2.51. The Bertz CT molecular complexity index is 794. The van der Waals surface area contributed by atoms with Crippen LogP contribution in [0.4, 0.5) is 4.79 Å². The first kappa shape index (κ1) is 18.0. The van der Waals surface area contributed by atoms with Gasteiger partial charge in [0.1, 0.15) is 12.2 Å². The number of fused-ring (bicyclic) bond motifs is 2. The number of amides is 1. The molecule has 5 nitrogen and oxygen atoms in total. The fourth-order valence-electron chi connectivity index (χ4n) is 4.69. The molecule has 0 aliphatic carbocycles. The van der Waals surface area contributed by atoms with Gasteiger partial charge in [0.05, 0.1) is 5.69 Å². The normalized spacial score (nSPS) is 27.3. The minimum Gasteiger partial charge on any atom is -0.445 e. The zero-order valence-corrected chi connectivity index (χ0v) is 15.7. The SMILES string of the molecule is Cc1cccnc1C1(O)CC2CCCC(C1)N2C(=O)OCc1ccccc1. The first-order valence-corrected chi connectivity index (χ1v) is 9.70. The molecule has 3 heterocycles. The summed E-state index contributed by atoms with van der Waals surface area (Å²) in [5.74, 6) is 0. The van der Waals surface area contributed by atoms with Gasteiger partial charge in [-0.2, -0.15) is 0 Å². The number of piperidine rings is 2. The van der Waals surface area contributed by atoms with Crippen molar-refractivity contribution in [2.24, 2.45) is 0 Å². The largest absolute Gasteiger partial charge is 0.445 e. The topological polar surface area (TPSA) is 62.7 Å². The van der Waals surface area contributed by atoms with Gasteiger partial charge in [-0.3, -0.25) is 4.98 Å². The third-order valence-electron chi connectivity index (χ3n) is 5.87. The molecule has 0 saturated carbocycles. The number of aromatic nitrogens is 1. The Balaban J connectivity index is 1.50. The maximum absolute atomic E-state index is 12.8. The van der Waals surface area contributed by atoms with Crippen LogP contribution in [-0.4, -0.2) is 33.2 Å². The van der Waals surface area contributed by atoms with Gasteiger partial charge < -0.3 is 14.7 Å². The molecule has 1 N–H and O–H groups in total. The van der Waals surface area contributed by atoms with Gasteiger partial charge in [-0.25, -0.2) is 4.79 Å². The molecule has 27 heavy (non-hydrogen) atoms. The van der Waals surface area contributed by atoms with E-state index < -0.39 is 5.60 Å². The van der Waals surface area contributed by atoms with Crippen molar-refractivity contribution >= 4 is 6.09 Å². The summed E-state index contributed by atoms with van der Waals surface area (Å²) < 4.78 is 5.59. The summed E-state index contributed by atoms with van der Waals surface area (Å²) >= 11 is 0. The molecule has 2 fully saturated rings. The average Bonchev–Trinajstić information content (AvgIpc) is 2.66. The zero-order valence-electron chi connectivity index (χ0n) is 15.7. The molecule has 0 spiro atoms. The Morgan fingerprint density at radius 1 is 1.19 bits per heavy atom. The van der Waals surface area contributed by atoms with E-state index in [1.54, 1.807) is 6.20 Å². The minimum atomic E-state index is -0.975. The van der Waals surface area contributed by atoms with E-state index in [-0.39, 0.29) is 24.8 Å². The van der Waals surface area contributed by atoms with Gasteiger partial charge >= 0.3 is 6.09 Å². The van der Waals surface area contributed by atoms with Crippen molar-refractivity contribution in [2.75, 3.05) is 0 Å². The van der Waals surface area contributed by atoms with Gasteiger partial charge in [0, 0.05) is 31.1 Å². The van der Waals surface area contributed by atoms with Crippen LogP contribution in [0, 0.1) is 6.92 Å². The van der Waals surface area contributed by atoms with Crippen molar-refractivity contribution in [3.63, 3.8) is 0 Å². The molecule has 2 unspecified atom stereocenters. The van der Waals surface area contributed by atoms with E-state index in [2.05, 4.69) is 4.98 Å². The number of pyridine rings is 1. The molecule has 5 heteroatoms. The Morgan fingerprint density at radius 3 is 2.56 bits per heavy atom. The molecule has 142 valence electrons. The van der Waals surface area contributed by atoms with Crippen molar-refractivity contribution < 1.29 is 14.6 Å². The highest BCUT2D eigenvalue weighted by molar-refractivity contribution is 5.69. The van der Waals surface area contributed by atoms with E-state index in [0.29, 0.717) is 12.8 Å². The predicted molar refractivity (Wildman–Crippen MR) is 102 cm³/mol. The number of carbonyl (C=O) groups is 1. The summed E-state index contributed by atoms with van der Waals surface area (Å²) in [6.45, 7) is 2.26. The summed E-state index contributed by atoms with van der Waals surface area (Å²) in [6.07, 6.45) is 5.36. The Kier molecular flexibility index (Phi) is 4.87. The van der Waals surface area contributed by atoms with Crippen molar-refractivity contribution in [1.29, 1.82) is 0 Å². The second-order valence-corrected chi connectivity index (χ2v) is 7.79. The fourth-order valence-corrected chi connectivity index (χ4v) is 4.69. The third kappa shape index (κ3) is 3.56. The van der Waals surface area contributed by atoms with Crippen LogP contribution in [0.5, 0.6) is 0 Å². The van der Waals surface area contributed by atoms with E-state index in [1.165, 1.54) is 0 Å². The minimum absolute atomic E-state index is 0.00724. The highest BCUT2D eigenvalue weighted by Crippen LogP contribution is 2.44. The number of nitrogens with zero attached hydrogens (tertiary/aromatic N) is 2. The van der Waals surface area contributed by atoms with Gasteiger partial charge in [-0.05, 0) is 43.4 Å². The number of hydrogen-bond acceptors (Lipinski definition) is 4. The molecule has 2 atom stereocenters. The molecule has 1 amide bonds. The predicted octanol–water partition coefficient (Wildman–Crippen LogP) is 3.93. The Morgan fingerprint density at radius 2 is 1.89 bits per heavy atom. The molecule has 2 bridgehead atoms. The lowest BCUT2D eigenvalue weighted by Crippen LogP contribution is -2.59. The van der Waals surface area contributed by atoms with Gasteiger partial charge in [0.15, 0.2) is 0 Å². The molecule has 0 radical (unpaired) electrons. The number of aryl methyl sites for hydroxylation is 1. The van der Waals surface area contributed by atoms with Crippen LogP contribution in [0.15, 0.2) is 48.7 Å². The third-order valence-corrected chi connectivity index (χ3v) is 5.87. The molecule has 2 aromatic rings. The monoisotopic (exact) mass is 366 g/mol. The highest BCUT2D eigenvalue weighted by atomic mass is 16.6. The number of aliphatic hydroxyl groups is 1. The van der Waals surface area contributed by atoms with Crippen LogP contribution in [-0.2, 0) is 16.9 Å². The van der Waals surface area contributed by atoms with E-state index >= 15 is 0 Å². The highest BCUT2D eigenvalue weighted by Gasteiger charge is 2.49. The second-order valence-electron chi connectivity index (χ2n) is 7.79. The zero-order chi connectivity index (χ0) is 18.9. The lowest BCUT2D eigenvalue weighted by atomic mass is 9.73. The van der Waals surface area contributed by atoms with Crippen LogP contribution in [0.25, 0.3) is 0 Å². The summed E-state index contributed by atoms with van der Waals surface area (Å²) in [5.41, 5.74) is 1.75. The van der Waals surface area contributed by atoms with Crippen molar-refractivity contribution in [1.82, 2.24) is 9.88 Å².